The van der Waals surface area contributed by atoms with E-state index in [4.69, 9.17) is 0 Å². The Bertz CT molecular complexity index is 288. The van der Waals surface area contributed by atoms with E-state index in [-0.39, 0.29) is 0 Å². The SMILES string of the molecule is CCCNC(C1CCCC(CC)C1)C1C2CCCCC21. The minimum Gasteiger partial charge on any atom is -0.313 e. The van der Waals surface area contributed by atoms with Crippen molar-refractivity contribution in [1.82, 2.24) is 5.32 Å². The lowest BCUT2D eigenvalue weighted by molar-refractivity contribution is 0.188. The molecule has 0 aromatic heterocycles. The van der Waals surface area contributed by atoms with Gasteiger partial charge in [-0.2, -0.15) is 0 Å². The zero-order chi connectivity index (χ0) is 13.9. The maximum Gasteiger partial charge on any atom is 0.0129 e. The molecular formula is C19H35N. The van der Waals surface area contributed by atoms with Crippen LogP contribution in [-0.4, -0.2) is 12.6 Å². The first kappa shape index (κ1) is 14.9. The highest BCUT2D eigenvalue weighted by molar-refractivity contribution is 5.06. The standard InChI is InChI=1S/C19H35N/c1-3-12-20-19(15-9-7-8-14(4-2)13-15)18-16-10-5-6-11-17(16)18/h14-20H,3-13H2,1-2H3. The summed E-state index contributed by atoms with van der Waals surface area (Å²) in [5.41, 5.74) is 0. The van der Waals surface area contributed by atoms with Crippen LogP contribution in [0.15, 0.2) is 0 Å². The van der Waals surface area contributed by atoms with Gasteiger partial charge in [0, 0.05) is 6.04 Å². The van der Waals surface area contributed by atoms with Gasteiger partial charge in [-0.05, 0) is 68.2 Å². The smallest absolute Gasteiger partial charge is 0.0129 e. The minimum absolute atomic E-state index is 0.873. The van der Waals surface area contributed by atoms with Gasteiger partial charge in [-0.3, -0.25) is 0 Å². The third-order valence-corrected chi connectivity index (χ3v) is 6.68. The van der Waals surface area contributed by atoms with Crippen LogP contribution < -0.4 is 5.32 Å². The van der Waals surface area contributed by atoms with Crippen molar-refractivity contribution in [2.24, 2.45) is 29.6 Å². The Hall–Kier alpha value is -0.0400. The Labute approximate surface area is 126 Å². The molecule has 1 heteroatoms. The van der Waals surface area contributed by atoms with Crippen LogP contribution >= 0.6 is 0 Å². The second-order valence-electron chi connectivity index (χ2n) is 7.87. The number of nitrogens with one attached hydrogen (secondary N) is 1. The largest absolute Gasteiger partial charge is 0.313 e. The van der Waals surface area contributed by atoms with Gasteiger partial charge < -0.3 is 5.32 Å². The number of hydrogen-bond donors (Lipinski definition) is 1. The molecular weight excluding hydrogens is 242 g/mol. The molecule has 0 heterocycles. The van der Waals surface area contributed by atoms with Gasteiger partial charge in [0.2, 0.25) is 0 Å². The molecule has 3 fully saturated rings. The lowest BCUT2D eigenvalue weighted by atomic mass is 9.75. The zero-order valence-corrected chi connectivity index (χ0v) is 13.7. The van der Waals surface area contributed by atoms with Crippen LogP contribution in [0.2, 0.25) is 0 Å². The monoisotopic (exact) mass is 277 g/mol. The summed E-state index contributed by atoms with van der Waals surface area (Å²) < 4.78 is 0. The van der Waals surface area contributed by atoms with E-state index in [9.17, 15) is 0 Å². The molecule has 3 aliphatic rings. The van der Waals surface area contributed by atoms with E-state index in [0.717, 1.165) is 35.6 Å². The van der Waals surface area contributed by atoms with Crippen LogP contribution in [0.3, 0.4) is 0 Å². The summed E-state index contributed by atoms with van der Waals surface area (Å²) in [6.45, 7) is 5.96. The van der Waals surface area contributed by atoms with Crippen molar-refractivity contribution in [2.45, 2.75) is 84.1 Å². The van der Waals surface area contributed by atoms with Gasteiger partial charge in [0.15, 0.2) is 0 Å². The normalized spacial score (nSPS) is 42.0. The predicted molar refractivity (Wildman–Crippen MR) is 86.8 cm³/mol. The molecule has 0 radical (unpaired) electrons. The maximum atomic E-state index is 4.00. The van der Waals surface area contributed by atoms with Crippen molar-refractivity contribution in [2.75, 3.05) is 6.54 Å². The molecule has 1 N–H and O–H groups in total. The van der Waals surface area contributed by atoms with Crippen molar-refractivity contribution >= 4 is 0 Å². The van der Waals surface area contributed by atoms with Crippen molar-refractivity contribution in [3.8, 4) is 0 Å². The van der Waals surface area contributed by atoms with Crippen molar-refractivity contribution in [3.05, 3.63) is 0 Å². The highest BCUT2D eigenvalue weighted by Gasteiger charge is 2.55. The average Bonchev–Trinajstić information content (AvgIpc) is 3.22. The van der Waals surface area contributed by atoms with Gasteiger partial charge >= 0.3 is 0 Å². The molecule has 3 rings (SSSR count). The van der Waals surface area contributed by atoms with E-state index < -0.39 is 0 Å². The predicted octanol–water partition coefficient (Wildman–Crippen LogP) is 5.01. The molecule has 116 valence electrons. The molecule has 3 saturated carbocycles. The van der Waals surface area contributed by atoms with Crippen LogP contribution in [0.5, 0.6) is 0 Å². The third kappa shape index (κ3) is 3.08. The van der Waals surface area contributed by atoms with Gasteiger partial charge in [0.05, 0.1) is 0 Å². The highest BCUT2D eigenvalue weighted by atomic mass is 14.9. The summed E-state index contributed by atoms with van der Waals surface area (Å²) in [6.07, 6.45) is 14.9. The second kappa shape index (κ2) is 6.81. The van der Waals surface area contributed by atoms with Crippen LogP contribution in [0.1, 0.15) is 78.1 Å². The number of hydrogen-bond acceptors (Lipinski definition) is 1. The molecule has 0 bridgehead atoms. The Morgan fingerprint density at radius 2 is 1.70 bits per heavy atom. The summed E-state index contributed by atoms with van der Waals surface area (Å²) in [6, 6.07) is 0.873. The zero-order valence-electron chi connectivity index (χ0n) is 13.7. The Balaban J connectivity index is 1.63. The van der Waals surface area contributed by atoms with Gasteiger partial charge in [-0.1, -0.05) is 46.0 Å². The first-order chi connectivity index (χ1) is 9.85. The van der Waals surface area contributed by atoms with Crippen molar-refractivity contribution in [1.29, 1.82) is 0 Å². The van der Waals surface area contributed by atoms with Gasteiger partial charge in [0.1, 0.15) is 0 Å². The molecule has 5 unspecified atom stereocenters. The highest BCUT2D eigenvalue weighted by Crippen LogP contribution is 2.59. The lowest BCUT2D eigenvalue weighted by Crippen LogP contribution is -2.41. The van der Waals surface area contributed by atoms with Crippen LogP contribution in [0.4, 0.5) is 0 Å². The van der Waals surface area contributed by atoms with E-state index in [1.54, 1.807) is 12.8 Å². The molecule has 5 atom stereocenters. The molecule has 0 aromatic carbocycles. The quantitative estimate of drug-likeness (QED) is 0.720. The molecule has 3 aliphatic carbocycles. The summed E-state index contributed by atoms with van der Waals surface area (Å²) in [5.74, 6) is 5.31. The van der Waals surface area contributed by atoms with Crippen LogP contribution in [0.25, 0.3) is 0 Å². The Kier molecular flexibility index (Phi) is 5.07. The Morgan fingerprint density at radius 3 is 2.35 bits per heavy atom. The third-order valence-electron chi connectivity index (χ3n) is 6.68. The fourth-order valence-electron chi connectivity index (χ4n) is 5.54. The van der Waals surface area contributed by atoms with E-state index >= 15 is 0 Å². The fourth-order valence-corrected chi connectivity index (χ4v) is 5.54. The van der Waals surface area contributed by atoms with Gasteiger partial charge in [-0.25, -0.2) is 0 Å². The molecule has 0 saturated heterocycles. The first-order valence-corrected chi connectivity index (χ1v) is 9.58. The van der Waals surface area contributed by atoms with Gasteiger partial charge in [-0.15, -0.1) is 0 Å². The van der Waals surface area contributed by atoms with Crippen LogP contribution in [0, 0.1) is 29.6 Å². The molecule has 0 aliphatic heterocycles. The summed E-state index contributed by atoms with van der Waals surface area (Å²) >= 11 is 0. The Morgan fingerprint density at radius 1 is 0.950 bits per heavy atom. The fraction of sp³-hybridized carbons (Fsp3) is 1.00. The van der Waals surface area contributed by atoms with E-state index in [1.165, 1.54) is 57.9 Å². The van der Waals surface area contributed by atoms with E-state index in [1.807, 2.05) is 0 Å². The maximum absolute atomic E-state index is 4.00. The van der Waals surface area contributed by atoms with Gasteiger partial charge in [0.25, 0.3) is 0 Å². The minimum atomic E-state index is 0.873. The molecule has 0 aromatic rings. The van der Waals surface area contributed by atoms with Crippen molar-refractivity contribution < 1.29 is 0 Å². The molecule has 0 amide bonds. The summed E-state index contributed by atoms with van der Waals surface area (Å²) in [7, 11) is 0. The molecule has 20 heavy (non-hydrogen) atoms. The van der Waals surface area contributed by atoms with E-state index in [2.05, 4.69) is 19.2 Å². The van der Waals surface area contributed by atoms with Crippen LogP contribution in [-0.2, 0) is 0 Å². The molecule has 1 nitrogen and oxygen atoms in total. The topological polar surface area (TPSA) is 12.0 Å². The second-order valence-corrected chi connectivity index (χ2v) is 7.87. The number of rotatable bonds is 6. The van der Waals surface area contributed by atoms with E-state index in [0.29, 0.717) is 0 Å². The number of fused-ring (bicyclic) bond motifs is 1. The average molecular weight is 277 g/mol. The summed E-state index contributed by atoms with van der Waals surface area (Å²) in [5, 5.41) is 4.00. The first-order valence-electron chi connectivity index (χ1n) is 9.58. The van der Waals surface area contributed by atoms with Crippen molar-refractivity contribution in [3.63, 3.8) is 0 Å². The summed E-state index contributed by atoms with van der Waals surface area (Å²) in [4.78, 5) is 0. The lowest BCUT2D eigenvalue weighted by Gasteiger charge is -2.35. The molecule has 0 spiro atoms.